The Morgan fingerprint density at radius 1 is 1.04 bits per heavy atom. The number of hydrogen-bond donors (Lipinski definition) is 0. The largest absolute Gasteiger partial charge is 0.0953 e. The molecule has 7 atom stereocenters. The Morgan fingerprint density at radius 3 is 2.52 bits per heavy atom. The van der Waals surface area contributed by atoms with Crippen molar-refractivity contribution in [3.63, 3.8) is 0 Å². The average molecular weight is 341 g/mol. The molecule has 0 spiro atoms. The zero-order valence-corrected chi connectivity index (χ0v) is 17.4. The number of allylic oxidation sites excluding steroid dienone is 3. The third-order valence-electron chi connectivity index (χ3n) is 9.27. The Morgan fingerprint density at radius 2 is 1.80 bits per heavy atom. The second-order valence-corrected chi connectivity index (χ2v) is 10.9. The van der Waals surface area contributed by atoms with Crippen molar-refractivity contribution >= 4 is 0 Å². The van der Waals surface area contributed by atoms with E-state index in [1.54, 1.807) is 11.1 Å². The molecule has 0 aromatic carbocycles. The van der Waals surface area contributed by atoms with E-state index >= 15 is 0 Å². The van der Waals surface area contributed by atoms with Crippen LogP contribution in [0.3, 0.4) is 0 Å². The average Bonchev–Trinajstić information content (AvgIpc) is 3.09. The standard InChI is InChI=1S/C25H40/c1-15(2)19-11-12-25(6)14-23-17(4)7-9-20-16(3)8-10-21(20)18(5)22(23)13-24(19)25/h15-17,19-21,24H,5,7-14H2,1-4,6H3/t16-,17-,19-,20-,21+,24-,25+/m0/s1. The van der Waals surface area contributed by atoms with Crippen LogP contribution in [-0.4, -0.2) is 0 Å². The first-order valence-corrected chi connectivity index (χ1v) is 11.2. The quantitative estimate of drug-likeness (QED) is 0.466. The normalized spacial score (nSPS) is 47.4. The molecule has 0 amide bonds. The molecule has 4 rings (SSSR count). The predicted molar refractivity (Wildman–Crippen MR) is 108 cm³/mol. The highest BCUT2D eigenvalue weighted by molar-refractivity contribution is 5.41. The number of rotatable bonds is 1. The molecule has 0 aromatic heterocycles. The summed E-state index contributed by atoms with van der Waals surface area (Å²) in [6.07, 6.45) is 11.4. The fourth-order valence-electron chi connectivity index (χ4n) is 7.54. The summed E-state index contributed by atoms with van der Waals surface area (Å²) in [5.41, 5.74) is 5.77. The minimum atomic E-state index is 0.573. The zero-order valence-electron chi connectivity index (χ0n) is 17.4. The van der Waals surface area contributed by atoms with Gasteiger partial charge in [-0.05, 0) is 109 Å². The number of hydrogen-bond acceptors (Lipinski definition) is 0. The van der Waals surface area contributed by atoms with E-state index in [0.717, 1.165) is 41.4 Å². The fraction of sp³-hybridized carbons (Fsp3) is 0.840. The van der Waals surface area contributed by atoms with Crippen LogP contribution < -0.4 is 0 Å². The second kappa shape index (κ2) is 6.28. The summed E-state index contributed by atoms with van der Waals surface area (Å²) in [6, 6.07) is 0. The monoisotopic (exact) mass is 340 g/mol. The molecule has 0 bridgehead atoms. The van der Waals surface area contributed by atoms with E-state index in [4.69, 9.17) is 6.58 Å². The molecule has 0 heterocycles. The Kier molecular flexibility index (Phi) is 4.49. The van der Waals surface area contributed by atoms with Crippen LogP contribution >= 0.6 is 0 Å². The van der Waals surface area contributed by atoms with Gasteiger partial charge in [-0.1, -0.05) is 46.8 Å². The molecular weight excluding hydrogens is 300 g/mol. The van der Waals surface area contributed by atoms with Gasteiger partial charge >= 0.3 is 0 Å². The Labute approximate surface area is 156 Å². The molecule has 140 valence electrons. The maximum absolute atomic E-state index is 4.76. The maximum Gasteiger partial charge on any atom is -0.0134 e. The van der Waals surface area contributed by atoms with Crippen LogP contribution in [-0.2, 0) is 0 Å². The lowest BCUT2D eigenvalue weighted by Gasteiger charge is -2.46. The molecule has 0 aromatic rings. The van der Waals surface area contributed by atoms with Crippen molar-refractivity contribution in [2.45, 2.75) is 86.0 Å². The summed E-state index contributed by atoms with van der Waals surface area (Å²) in [5, 5.41) is 0. The molecule has 0 heteroatoms. The first kappa shape index (κ1) is 17.9. The molecule has 0 nitrogen and oxygen atoms in total. The SMILES string of the molecule is C=C1C2=C(C[C@@]3(C)CC[C@@H](C(C)C)[C@@H]3C2)[C@@H](C)CC[C@@H]2[C@@H]1CC[C@@H]2C. The molecule has 0 N–H and O–H groups in total. The first-order chi connectivity index (χ1) is 11.8. The van der Waals surface area contributed by atoms with Crippen LogP contribution in [0.1, 0.15) is 86.0 Å². The highest BCUT2D eigenvalue weighted by Gasteiger charge is 2.50. The van der Waals surface area contributed by atoms with E-state index in [1.165, 1.54) is 51.4 Å². The molecule has 2 saturated carbocycles. The smallest absolute Gasteiger partial charge is 0.0134 e. The van der Waals surface area contributed by atoms with Gasteiger partial charge in [-0.2, -0.15) is 0 Å². The van der Waals surface area contributed by atoms with Gasteiger partial charge in [-0.25, -0.2) is 0 Å². The molecule has 0 aliphatic heterocycles. The van der Waals surface area contributed by atoms with E-state index in [1.807, 2.05) is 5.57 Å². The minimum absolute atomic E-state index is 0.573. The summed E-state index contributed by atoms with van der Waals surface area (Å²) < 4.78 is 0. The van der Waals surface area contributed by atoms with Crippen molar-refractivity contribution in [2.75, 3.05) is 0 Å². The van der Waals surface area contributed by atoms with Crippen LogP contribution in [0.4, 0.5) is 0 Å². The van der Waals surface area contributed by atoms with Gasteiger partial charge in [0.05, 0.1) is 0 Å². The lowest BCUT2D eigenvalue weighted by Crippen LogP contribution is -2.35. The second-order valence-electron chi connectivity index (χ2n) is 10.9. The lowest BCUT2D eigenvalue weighted by molar-refractivity contribution is 0.143. The van der Waals surface area contributed by atoms with Gasteiger partial charge in [0, 0.05) is 0 Å². The van der Waals surface area contributed by atoms with Gasteiger partial charge < -0.3 is 0 Å². The van der Waals surface area contributed by atoms with Crippen molar-refractivity contribution in [2.24, 2.45) is 46.8 Å². The van der Waals surface area contributed by atoms with E-state index in [-0.39, 0.29) is 0 Å². The Bertz CT molecular complexity index is 579. The maximum atomic E-state index is 4.76. The minimum Gasteiger partial charge on any atom is -0.0953 e. The lowest BCUT2D eigenvalue weighted by atomic mass is 9.59. The van der Waals surface area contributed by atoms with Gasteiger partial charge in [0.15, 0.2) is 0 Å². The predicted octanol–water partition coefficient (Wildman–Crippen LogP) is 7.41. The van der Waals surface area contributed by atoms with E-state index in [9.17, 15) is 0 Å². The van der Waals surface area contributed by atoms with Crippen molar-refractivity contribution in [3.05, 3.63) is 23.3 Å². The zero-order chi connectivity index (χ0) is 17.9. The van der Waals surface area contributed by atoms with Crippen LogP contribution in [0.2, 0.25) is 0 Å². The van der Waals surface area contributed by atoms with E-state index in [0.29, 0.717) is 5.41 Å². The summed E-state index contributed by atoms with van der Waals surface area (Å²) >= 11 is 0. The molecule has 0 radical (unpaired) electrons. The van der Waals surface area contributed by atoms with Gasteiger partial charge in [0.25, 0.3) is 0 Å². The highest BCUT2D eigenvalue weighted by atomic mass is 14.6. The van der Waals surface area contributed by atoms with Gasteiger partial charge in [-0.3, -0.25) is 0 Å². The summed E-state index contributed by atoms with van der Waals surface area (Å²) in [7, 11) is 0. The van der Waals surface area contributed by atoms with Crippen LogP contribution in [0, 0.1) is 46.8 Å². The van der Waals surface area contributed by atoms with Crippen LogP contribution in [0.25, 0.3) is 0 Å². The third kappa shape index (κ3) is 2.78. The van der Waals surface area contributed by atoms with Crippen molar-refractivity contribution in [3.8, 4) is 0 Å². The Hall–Kier alpha value is -0.520. The van der Waals surface area contributed by atoms with E-state index < -0.39 is 0 Å². The Balaban J connectivity index is 1.71. The topological polar surface area (TPSA) is 0 Å². The van der Waals surface area contributed by atoms with E-state index in [2.05, 4.69) is 34.6 Å². The van der Waals surface area contributed by atoms with Gasteiger partial charge in [0.2, 0.25) is 0 Å². The van der Waals surface area contributed by atoms with Crippen molar-refractivity contribution in [1.29, 1.82) is 0 Å². The summed E-state index contributed by atoms with van der Waals surface area (Å²) in [5.74, 6) is 6.11. The molecule has 0 saturated heterocycles. The fourth-order valence-corrected chi connectivity index (χ4v) is 7.54. The van der Waals surface area contributed by atoms with Crippen LogP contribution in [0.15, 0.2) is 23.3 Å². The third-order valence-corrected chi connectivity index (χ3v) is 9.27. The molecule has 4 aliphatic rings. The van der Waals surface area contributed by atoms with Crippen LogP contribution in [0.5, 0.6) is 0 Å². The van der Waals surface area contributed by atoms with Crippen molar-refractivity contribution in [1.82, 2.24) is 0 Å². The van der Waals surface area contributed by atoms with Crippen molar-refractivity contribution < 1.29 is 0 Å². The first-order valence-electron chi connectivity index (χ1n) is 11.2. The highest BCUT2D eigenvalue weighted by Crippen LogP contribution is 2.61. The molecular formula is C25H40. The molecule has 25 heavy (non-hydrogen) atoms. The summed E-state index contributed by atoms with van der Waals surface area (Å²) in [4.78, 5) is 0. The summed E-state index contributed by atoms with van der Waals surface area (Å²) in [6.45, 7) is 17.3. The molecule has 2 fully saturated rings. The molecule has 4 aliphatic carbocycles. The van der Waals surface area contributed by atoms with Gasteiger partial charge in [0.1, 0.15) is 0 Å². The van der Waals surface area contributed by atoms with Gasteiger partial charge in [-0.15, -0.1) is 0 Å². The molecule has 0 unspecified atom stereocenters. The number of fused-ring (bicyclic) bond motifs is 2.